The lowest BCUT2D eigenvalue weighted by Crippen LogP contribution is -2.35. The van der Waals surface area contributed by atoms with Crippen molar-refractivity contribution in [1.29, 1.82) is 0 Å². The molecule has 0 aromatic heterocycles. The molecule has 0 fully saturated rings. The highest BCUT2D eigenvalue weighted by Gasteiger charge is 2.28. The topological polar surface area (TPSA) is 75.7 Å². The van der Waals surface area contributed by atoms with Gasteiger partial charge >= 0.3 is 5.97 Å². The summed E-state index contributed by atoms with van der Waals surface area (Å²) in [7, 11) is 1.56. The maximum atomic E-state index is 12.9. The highest BCUT2D eigenvalue weighted by Crippen LogP contribution is 2.31. The second-order valence-electron chi connectivity index (χ2n) is 7.60. The van der Waals surface area contributed by atoms with E-state index in [2.05, 4.69) is 5.32 Å². The van der Waals surface area contributed by atoms with E-state index in [-0.39, 0.29) is 18.4 Å². The fraction of sp³-hybridized carbons (Fsp3) is 0.160. The number of esters is 1. The zero-order valence-corrected chi connectivity index (χ0v) is 18.1. The Bertz CT molecular complexity index is 1160. The molecule has 1 N–H and O–H groups in total. The van der Waals surface area contributed by atoms with Crippen molar-refractivity contribution in [2.75, 3.05) is 18.9 Å². The fourth-order valence-electron chi connectivity index (χ4n) is 3.62. The molecule has 0 saturated heterocycles. The number of nitrogens with zero attached hydrogens (tertiary/aromatic N) is 1. The van der Waals surface area contributed by atoms with E-state index in [1.807, 2.05) is 30.3 Å². The number of nitrogens with one attached hydrogen (secondary N) is 1. The highest BCUT2D eigenvalue weighted by molar-refractivity contribution is 6.30. The van der Waals surface area contributed by atoms with Gasteiger partial charge in [0.2, 0.25) is 5.91 Å². The Morgan fingerprint density at radius 3 is 2.50 bits per heavy atom. The highest BCUT2D eigenvalue weighted by atomic mass is 35.5. The number of hydrogen-bond donors (Lipinski definition) is 1. The van der Waals surface area contributed by atoms with Gasteiger partial charge in [0, 0.05) is 29.7 Å². The number of rotatable bonds is 5. The van der Waals surface area contributed by atoms with Gasteiger partial charge in [0.1, 0.15) is 6.10 Å². The summed E-state index contributed by atoms with van der Waals surface area (Å²) in [6.07, 6.45) is 0.0805. The molecule has 0 bridgehead atoms. The molecule has 0 spiro atoms. The maximum Gasteiger partial charge on any atom is 0.339 e. The first-order valence-corrected chi connectivity index (χ1v) is 10.5. The van der Waals surface area contributed by atoms with Crippen molar-refractivity contribution in [2.24, 2.45) is 0 Å². The maximum absolute atomic E-state index is 12.9. The molecule has 162 valence electrons. The van der Waals surface area contributed by atoms with Gasteiger partial charge in [0.15, 0.2) is 0 Å². The number of hydrogen-bond acceptors (Lipinski definition) is 4. The number of anilines is 1. The van der Waals surface area contributed by atoms with Crippen molar-refractivity contribution in [3.8, 4) is 0 Å². The van der Waals surface area contributed by atoms with E-state index in [1.54, 1.807) is 49.5 Å². The first-order chi connectivity index (χ1) is 15.4. The van der Waals surface area contributed by atoms with Gasteiger partial charge in [0.05, 0.1) is 12.1 Å². The van der Waals surface area contributed by atoms with E-state index in [0.29, 0.717) is 28.3 Å². The van der Waals surface area contributed by atoms with Crippen LogP contribution in [-0.2, 0) is 16.0 Å². The Morgan fingerprint density at radius 1 is 1.06 bits per heavy atom. The quantitative estimate of drug-likeness (QED) is 0.583. The number of amides is 2. The van der Waals surface area contributed by atoms with Crippen molar-refractivity contribution >= 4 is 35.1 Å². The number of ether oxygens (including phenoxy) is 1. The van der Waals surface area contributed by atoms with Crippen LogP contribution in [0.5, 0.6) is 0 Å². The van der Waals surface area contributed by atoms with Crippen LogP contribution in [0.3, 0.4) is 0 Å². The Labute approximate surface area is 190 Å². The summed E-state index contributed by atoms with van der Waals surface area (Å²) in [5.41, 5.74) is 3.11. The molecule has 1 aliphatic heterocycles. The standard InChI is InChI=1S/C25H21ClN2O4/c1-28(15-23(29)27-20-10-8-19(26)9-11-20)24(30)17-7-12-21-18(13-17)14-22(32-25(21)31)16-5-3-2-4-6-16/h2-13,22H,14-15H2,1H3,(H,27,29). The normalized spacial score (nSPS) is 14.8. The molecule has 1 atom stereocenters. The number of halogens is 1. The summed E-state index contributed by atoms with van der Waals surface area (Å²) >= 11 is 5.85. The Balaban J connectivity index is 1.45. The Kier molecular flexibility index (Phi) is 6.23. The second kappa shape index (κ2) is 9.24. The average Bonchev–Trinajstić information content (AvgIpc) is 2.80. The molecule has 0 aliphatic carbocycles. The SMILES string of the molecule is CN(CC(=O)Nc1ccc(Cl)cc1)C(=O)c1ccc2c(c1)CC(c1ccccc1)OC2=O. The fourth-order valence-corrected chi connectivity index (χ4v) is 3.75. The van der Waals surface area contributed by atoms with Gasteiger partial charge in [-0.15, -0.1) is 0 Å². The molecule has 2 amide bonds. The van der Waals surface area contributed by atoms with Crippen LogP contribution in [0.4, 0.5) is 5.69 Å². The van der Waals surface area contributed by atoms with Crippen molar-refractivity contribution < 1.29 is 19.1 Å². The van der Waals surface area contributed by atoms with Crippen LogP contribution in [0.2, 0.25) is 5.02 Å². The molecular formula is C25H21ClN2O4. The minimum absolute atomic E-state index is 0.118. The first kappa shape index (κ1) is 21.6. The molecule has 1 aliphatic rings. The van der Waals surface area contributed by atoms with Crippen LogP contribution in [0.1, 0.15) is 37.9 Å². The minimum atomic E-state index is -0.408. The molecule has 3 aromatic rings. The third kappa shape index (κ3) is 4.81. The lowest BCUT2D eigenvalue weighted by atomic mass is 9.93. The third-order valence-electron chi connectivity index (χ3n) is 5.25. The molecule has 4 rings (SSSR count). The number of cyclic esters (lactones) is 1. The van der Waals surface area contributed by atoms with Gasteiger partial charge in [-0.3, -0.25) is 9.59 Å². The van der Waals surface area contributed by atoms with Gasteiger partial charge in [-0.25, -0.2) is 4.79 Å². The minimum Gasteiger partial charge on any atom is -0.454 e. The van der Waals surface area contributed by atoms with Gasteiger partial charge in [-0.2, -0.15) is 0 Å². The van der Waals surface area contributed by atoms with Gasteiger partial charge in [0.25, 0.3) is 5.91 Å². The number of fused-ring (bicyclic) bond motifs is 1. The smallest absolute Gasteiger partial charge is 0.339 e. The van der Waals surface area contributed by atoms with Crippen molar-refractivity contribution in [1.82, 2.24) is 4.90 Å². The molecule has 6 nitrogen and oxygen atoms in total. The summed E-state index contributed by atoms with van der Waals surface area (Å²) in [4.78, 5) is 39.0. The Morgan fingerprint density at radius 2 is 1.78 bits per heavy atom. The second-order valence-corrected chi connectivity index (χ2v) is 8.03. The summed E-state index contributed by atoms with van der Waals surface area (Å²) in [6.45, 7) is -0.118. The predicted octanol–water partition coefficient (Wildman–Crippen LogP) is 4.50. The van der Waals surface area contributed by atoms with E-state index in [4.69, 9.17) is 16.3 Å². The summed E-state index contributed by atoms with van der Waals surface area (Å²) in [5, 5.41) is 3.30. The molecular weight excluding hydrogens is 428 g/mol. The number of carbonyl (C=O) groups is 3. The van der Waals surface area contributed by atoms with Gasteiger partial charge < -0.3 is 15.0 Å². The van der Waals surface area contributed by atoms with Gasteiger partial charge in [-0.1, -0.05) is 41.9 Å². The van der Waals surface area contributed by atoms with Crippen molar-refractivity contribution in [3.63, 3.8) is 0 Å². The van der Waals surface area contributed by atoms with Crippen LogP contribution in [-0.4, -0.2) is 36.3 Å². The monoisotopic (exact) mass is 448 g/mol. The van der Waals surface area contributed by atoms with Crippen LogP contribution >= 0.6 is 11.6 Å². The molecule has 0 radical (unpaired) electrons. The van der Waals surface area contributed by atoms with Crippen LogP contribution in [0.15, 0.2) is 72.8 Å². The molecule has 1 unspecified atom stereocenters. The number of likely N-dealkylation sites (N-methyl/N-ethyl adjacent to an activating group) is 1. The molecule has 0 saturated carbocycles. The Hall–Kier alpha value is -3.64. The molecule has 1 heterocycles. The van der Waals surface area contributed by atoms with E-state index in [0.717, 1.165) is 11.1 Å². The summed E-state index contributed by atoms with van der Waals surface area (Å²) < 4.78 is 5.57. The summed E-state index contributed by atoms with van der Waals surface area (Å²) in [5.74, 6) is -1.04. The van der Waals surface area contributed by atoms with Crippen LogP contribution in [0, 0.1) is 0 Å². The third-order valence-corrected chi connectivity index (χ3v) is 5.51. The molecule has 32 heavy (non-hydrogen) atoms. The van der Waals surface area contributed by atoms with Crippen LogP contribution < -0.4 is 5.32 Å². The molecule has 7 heteroatoms. The van der Waals surface area contributed by atoms with E-state index in [9.17, 15) is 14.4 Å². The van der Waals surface area contributed by atoms with Gasteiger partial charge in [-0.05, 0) is 53.6 Å². The zero-order valence-electron chi connectivity index (χ0n) is 17.4. The summed E-state index contributed by atoms with van der Waals surface area (Å²) in [6, 6.07) is 21.1. The lowest BCUT2D eigenvalue weighted by Gasteiger charge is -2.26. The predicted molar refractivity (Wildman–Crippen MR) is 122 cm³/mol. The van der Waals surface area contributed by atoms with Crippen molar-refractivity contribution in [2.45, 2.75) is 12.5 Å². The number of carbonyl (C=O) groups excluding carboxylic acids is 3. The average molecular weight is 449 g/mol. The van der Waals surface area contributed by atoms with E-state index >= 15 is 0 Å². The van der Waals surface area contributed by atoms with E-state index < -0.39 is 12.1 Å². The first-order valence-electron chi connectivity index (χ1n) is 10.1. The number of benzene rings is 3. The molecule has 3 aromatic carbocycles. The zero-order chi connectivity index (χ0) is 22.7. The lowest BCUT2D eigenvalue weighted by molar-refractivity contribution is -0.116. The largest absolute Gasteiger partial charge is 0.454 e. The van der Waals surface area contributed by atoms with Crippen LogP contribution in [0.25, 0.3) is 0 Å². The van der Waals surface area contributed by atoms with Crippen molar-refractivity contribution in [3.05, 3.63) is 100 Å². The van der Waals surface area contributed by atoms with E-state index in [1.165, 1.54) is 4.90 Å².